The molecule has 0 amide bonds. The van der Waals surface area contributed by atoms with Crippen LogP contribution in [0.2, 0.25) is 10.0 Å². The minimum Gasteiger partial charge on any atom is -0.309 e. The molecule has 1 unspecified atom stereocenters. The normalized spacial score (nSPS) is 12.5. The quantitative estimate of drug-likeness (QED) is 0.862. The van der Waals surface area contributed by atoms with Gasteiger partial charge >= 0.3 is 0 Å². The van der Waals surface area contributed by atoms with Crippen LogP contribution in [0.15, 0.2) is 36.4 Å². The first-order chi connectivity index (χ1) is 9.02. The maximum atomic E-state index is 13.5. The topological polar surface area (TPSA) is 12.0 Å². The van der Waals surface area contributed by atoms with Gasteiger partial charge in [-0.3, -0.25) is 0 Å². The molecule has 1 atom stereocenters. The van der Waals surface area contributed by atoms with Crippen LogP contribution in [0.3, 0.4) is 0 Å². The minimum absolute atomic E-state index is 0.120. The van der Waals surface area contributed by atoms with E-state index in [1.807, 2.05) is 31.3 Å². The Labute approximate surface area is 122 Å². The van der Waals surface area contributed by atoms with E-state index in [0.717, 1.165) is 11.1 Å². The maximum absolute atomic E-state index is 13.5. The largest absolute Gasteiger partial charge is 0.309 e. The molecular formula is C15H14Cl2FN. The highest BCUT2D eigenvalue weighted by Crippen LogP contribution is 2.31. The molecule has 0 aliphatic rings. The predicted octanol–water partition coefficient (Wildman–Crippen LogP) is 4.75. The fourth-order valence-electron chi connectivity index (χ4n) is 2.09. The fourth-order valence-corrected chi connectivity index (χ4v) is 2.55. The summed E-state index contributed by atoms with van der Waals surface area (Å²) in [6, 6.07) is 10.5. The van der Waals surface area contributed by atoms with Crippen LogP contribution >= 0.6 is 23.2 Å². The van der Waals surface area contributed by atoms with E-state index in [-0.39, 0.29) is 11.9 Å². The average molecular weight is 298 g/mol. The predicted molar refractivity (Wildman–Crippen MR) is 78.5 cm³/mol. The second-order valence-electron chi connectivity index (χ2n) is 4.40. The lowest BCUT2D eigenvalue weighted by Crippen LogP contribution is -2.18. The standard InChI is InChI=1S/C15H14Cl2FN/c1-9-6-12(13(17)8-14(9)18)15(19-2)10-4-3-5-11(16)7-10/h3-8,15,19H,1-2H3. The van der Waals surface area contributed by atoms with Gasteiger partial charge in [0.2, 0.25) is 0 Å². The highest BCUT2D eigenvalue weighted by atomic mass is 35.5. The lowest BCUT2D eigenvalue weighted by atomic mass is 9.97. The maximum Gasteiger partial charge on any atom is 0.127 e. The molecule has 0 heterocycles. The number of aryl methyl sites for hydroxylation is 1. The summed E-state index contributed by atoms with van der Waals surface area (Å²) in [5, 5.41) is 4.25. The molecule has 0 fully saturated rings. The third-order valence-electron chi connectivity index (χ3n) is 3.06. The number of hydrogen-bond donors (Lipinski definition) is 1. The Morgan fingerprint density at radius 3 is 2.53 bits per heavy atom. The Hall–Kier alpha value is -1.09. The summed E-state index contributed by atoms with van der Waals surface area (Å²) in [6.07, 6.45) is 0. The van der Waals surface area contributed by atoms with Crippen molar-refractivity contribution in [1.82, 2.24) is 5.32 Å². The van der Waals surface area contributed by atoms with E-state index in [0.29, 0.717) is 15.6 Å². The van der Waals surface area contributed by atoms with Crippen LogP contribution < -0.4 is 5.32 Å². The molecule has 2 rings (SSSR count). The third-order valence-corrected chi connectivity index (χ3v) is 3.62. The van der Waals surface area contributed by atoms with E-state index in [4.69, 9.17) is 23.2 Å². The first kappa shape index (κ1) is 14.3. The van der Waals surface area contributed by atoms with Crippen molar-refractivity contribution in [3.8, 4) is 0 Å². The summed E-state index contributed by atoms with van der Waals surface area (Å²) in [5.41, 5.74) is 2.40. The molecule has 100 valence electrons. The Morgan fingerprint density at radius 1 is 1.16 bits per heavy atom. The molecule has 0 saturated carbocycles. The lowest BCUT2D eigenvalue weighted by molar-refractivity contribution is 0.614. The van der Waals surface area contributed by atoms with E-state index in [1.165, 1.54) is 6.07 Å². The minimum atomic E-state index is -0.297. The van der Waals surface area contributed by atoms with E-state index >= 15 is 0 Å². The fraction of sp³-hybridized carbons (Fsp3) is 0.200. The summed E-state index contributed by atoms with van der Waals surface area (Å²) in [7, 11) is 1.83. The Kier molecular flexibility index (Phi) is 4.46. The van der Waals surface area contributed by atoms with Gasteiger partial charge < -0.3 is 5.32 Å². The van der Waals surface area contributed by atoms with Gasteiger partial charge in [-0.15, -0.1) is 0 Å². The van der Waals surface area contributed by atoms with Crippen LogP contribution in [0.4, 0.5) is 4.39 Å². The monoisotopic (exact) mass is 297 g/mol. The molecule has 0 aromatic heterocycles. The van der Waals surface area contributed by atoms with Crippen LogP contribution in [0, 0.1) is 12.7 Å². The summed E-state index contributed by atoms with van der Waals surface area (Å²) in [4.78, 5) is 0. The lowest BCUT2D eigenvalue weighted by Gasteiger charge is -2.19. The summed E-state index contributed by atoms with van der Waals surface area (Å²) >= 11 is 12.2. The highest BCUT2D eigenvalue weighted by Gasteiger charge is 2.17. The smallest absolute Gasteiger partial charge is 0.127 e. The van der Waals surface area contributed by atoms with Crippen LogP contribution in [0.25, 0.3) is 0 Å². The second kappa shape index (κ2) is 5.91. The van der Waals surface area contributed by atoms with Gasteiger partial charge in [0.25, 0.3) is 0 Å². The molecule has 1 nitrogen and oxygen atoms in total. The number of halogens is 3. The first-order valence-electron chi connectivity index (χ1n) is 5.91. The third kappa shape index (κ3) is 3.08. The molecule has 2 aromatic rings. The van der Waals surface area contributed by atoms with Crippen molar-refractivity contribution in [3.63, 3.8) is 0 Å². The van der Waals surface area contributed by atoms with Crippen molar-refractivity contribution < 1.29 is 4.39 Å². The van der Waals surface area contributed by atoms with E-state index in [2.05, 4.69) is 5.32 Å². The van der Waals surface area contributed by atoms with Crippen LogP contribution in [-0.2, 0) is 0 Å². The van der Waals surface area contributed by atoms with Gasteiger partial charge in [-0.2, -0.15) is 0 Å². The molecule has 0 spiro atoms. The van der Waals surface area contributed by atoms with Gasteiger partial charge in [-0.1, -0.05) is 35.3 Å². The van der Waals surface area contributed by atoms with Crippen molar-refractivity contribution >= 4 is 23.2 Å². The van der Waals surface area contributed by atoms with Crippen LogP contribution in [0.5, 0.6) is 0 Å². The Balaban J connectivity index is 2.51. The molecule has 0 bridgehead atoms. The number of nitrogens with one attached hydrogen (secondary N) is 1. The zero-order valence-electron chi connectivity index (χ0n) is 10.7. The van der Waals surface area contributed by atoms with Crippen LogP contribution in [0.1, 0.15) is 22.7 Å². The summed E-state index contributed by atoms with van der Waals surface area (Å²) in [5.74, 6) is -0.297. The molecule has 0 radical (unpaired) electrons. The van der Waals surface area contributed by atoms with E-state index < -0.39 is 0 Å². The summed E-state index contributed by atoms with van der Waals surface area (Å²) in [6.45, 7) is 1.72. The van der Waals surface area contributed by atoms with Gasteiger partial charge in [0.05, 0.1) is 6.04 Å². The van der Waals surface area contributed by atoms with E-state index in [9.17, 15) is 4.39 Å². The van der Waals surface area contributed by atoms with Gasteiger partial charge in [-0.05, 0) is 54.9 Å². The molecule has 0 aliphatic heterocycles. The molecule has 0 saturated heterocycles. The Bertz CT molecular complexity index is 599. The molecule has 19 heavy (non-hydrogen) atoms. The summed E-state index contributed by atoms with van der Waals surface area (Å²) < 4.78 is 13.5. The Morgan fingerprint density at radius 2 is 1.89 bits per heavy atom. The van der Waals surface area contributed by atoms with Crippen molar-refractivity contribution in [2.45, 2.75) is 13.0 Å². The van der Waals surface area contributed by atoms with Crippen molar-refractivity contribution in [3.05, 3.63) is 69.0 Å². The van der Waals surface area contributed by atoms with Gasteiger partial charge in [0.15, 0.2) is 0 Å². The molecule has 1 N–H and O–H groups in total. The van der Waals surface area contributed by atoms with Crippen molar-refractivity contribution in [2.75, 3.05) is 7.05 Å². The molecule has 0 aliphatic carbocycles. The van der Waals surface area contributed by atoms with Gasteiger partial charge in [-0.25, -0.2) is 4.39 Å². The van der Waals surface area contributed by atoms with Crippen LogP contribution in [-0.4, -0.2) is 7.05 Å². The molecule has 4 heteroatoms. The van der Waals surface area contributed by atoms with E-state index in [1.54, 1.807) is 13.0 Å². The average Bonchev–Trinajstić information content (AvgIpc) is 2.36. The van der Waals surface area contributed by atoms with Gasteiger partial charge in [0.1, 0.15) is 5.82 Å². The number of benzene rings is 2. The highest BCUT2D eigenvalue weighted by molar-refractivity contribution is 6.31. The zero-order chi connectivity index (χ0) is 14.0. The molecule has 2 aromatic carbocycles. The zero-order valence-corrected chi connectivity index (χ0v) is 12.2. The van der Waals surface area contributed by atoms with Crippen molar-refractivity contribution in [1.29, 1.82) is 0 Å². The second-order valence-corrected chi connectivity index (χ2v) is 5.24. The number of rotatable bonds is 3. The number of hydrogen-bond acceptors (Lipinski definition) is 1. The first-order valence-corrected chi connectivity index (χ1v) is 6.66. The SMILES string of the molecule is CNC(c1cccc(Cl)c1)c1cc(C)c(F)cc1Cl. The molecular weight excluding hydrogens is 284 g/mol. The van der Waals surface area contributed by atoms with Gasteiger partial charge in [0, 0.05) is 10.0 Å². The van der Waals surface area contributed by atoms with Crippen molar-refractivity contribution in [2.24, 2.45) is 0 Å².